The van der Waals surface area contributed by atoms with Crippen molar-refractivity contribution in [2.24, 2.45) is 0 Å². The first-order valence-corrected chi connectivity index (χ1v) is 6.93. The lowest BCUT2D eigenvalue weighted by Gasteiger charge is -2.28. The predicted molar refractivity (Wildman–Crippen MR) is 69.5 cm³/mol. The molecule has 1 aromatic heterocycles. The predicted octanol–water partition coefficient (Wildman–Crippen LogP) is 2.22. The van der Waals surface area contributed by atoms with Gasteiger partial charge < -0.3 is 4.90 Å². The highest BCUT2D eigenvalue weighted by Crippen LogP contribution is 2.25. The Bertz CT molecular complexity index is 483. The van der Waals surface area contributed by atoms with Crippen LogP contribution in [0.5, 0.6) is 0 Å². The summed E-state index contributed by atoms with van der Waals surface area (Å²) in [5.74, 6) is 0.784. The van der Waals surface area contributed by atoms with E-state index >= 15 is 0 Å². The van der Waals surface area contributed by atoms with Crippen LogP contribution in [0.25, 0.3) is 0 Å². The molecule has 0 bridgehead atoms. The zero-order valence-electron chi connectivity index (χ0n) is 10.7. The number of nitrogens with zero attached hydrogens (tertiary/aromatic N) is 4. The lowest BCUT2D eigenvalue weighted by atomic mass is 9.95. The average molecular weight is 242 g/mol. The second-order valence-corrected chi connectivity index (χ2v) is 5.16. The van der Waals surface area contributed by atoms with Gasteiger partial charge in [-0.05, 0) is 44.9 Å². The topological polar surface area (TPSA) is 52.8 Å². The minimum absolute atomic E-state index is 0.611. The van der Waals surface area contributed by atoms with Crippen molar-refractivity contribution in [3.05, 3.63) is 17.0 Å². The molecule has 0 atom stereocenters. The number of anilines is 1. The largest absolute Gasteiger partial charge is 0.341 e. The monoisotopic (exact) mass is 242 g/mol. The van der Waals surface area contributed by atoms with E-state index in [9.17, 15) is 5.26 Å². The van der Waals surface area contributed by atoms with E-state index in [-0.39, 0.29) is 0 Å². The lowest BCUT2D eigenvalue weighted by molar-refractivity contribution is 0.563. The Morgan fingerprint density at radius 2 is 1.72 bits per heavy atom. The quantitative estimate of drug-likeness (QED) is 0.757. The molecule has 3 rings (SSSR count). The molecule has 0 unspecified atom stereocenters. The molecule has 0 saturated carbocycles. The normalized spacial score (nSPS) is 19.2. The van der Waals surface area contributed by atoms with Gasteiger partial charge in [0.1, 0.15) is 11.8 Å². The summed E-state index contributed by atoms with van der Waals surface area (Å²) in [4.78, 5) is 11.4. The first-order chi connectivity index (χ1) is 8.88. The van der Waals surface area contributed by atoms with Gasteiger partial charge in [-0.25, -0.2) is 9.97 Å². The molecule has 1 saturated heterocycles. The molecule has 4 heteroatoms. The molecule has 1 aliphatic heterocycles. The second kappa shape index (κ2) is 4.93. The van der Waals surface area contributed by atoms with Crippen LogP contribution in [0, 0.1) is 11.3 Å². The molecule has 1 aliphatic carbocycles. The van der Waals surface area contributed by atoms with Crippen molar-refractivity contribution in [1.29, 1.82) is 5.26 Å². The fraction of sp³-hybridized carbons (Fsp3) is 0.643. The number of hydrogen-bond acceptors (Lipinski definition) is 4. The SMILES string of the molecule is N#Cc1nc(N2CCCCC2)nc2c1CCCC2. The maximum atomic E-state index is 9.26. The second-order valence-electron chi connectivity index (χ2n) is 5.16. The molecule has 0 spiro atoms. The number of aromatic nitrogens is 2. The molecule has 4 nitrogen and oxygen atoms in total. The van der Waals surface area contributed by atoms with E-state index in [2.05, 4.69) is 16.0 Å². The van der Waals surface area contributed by atoms with E-state index in [1.807, 2.05) is 0 Å². The molecular formula is C14H18N4. The summed E-state index contributed by atoms with van der Waals surface area (Å²) in [6.45, 7) is 2.06. The van der Waals surface area contributed by atoms with Crippen molar-refractivity contribution in [3.63, 3.8) is 0 Å². The minimum Gasteiger partial charge on any atom is -0.341 e. The Morgan fingerprint density at radius 1 is 0.944 bits per heavy atom. The van der Waals surface area contributed by atoms with E-state index in [1.165, 1.54) is 25.7 Å². The van der Waals surface area contributed by atoms with Gasteiger partial charge in [0.15, 0.2) is 0 Å². The van der Waals surface area contributed by atoms with Crippen LogP contribution in [0.3, 0.4) is 0 Å². The van der Waals surface area contributed by atoms with Crippen molar-refractivity contribution < 1.29 is 0 Å². The Hall–Kier alpha value is -1.63. The summed E-state index contributed by atoms with van der Waals surface area (Å²) in [6, 6.07) is 2.26. The number of fused-ring (bicyclic) bond motifs is 1. The first kappa shape index (κ1) is 11.5. The summed E-state index contributed by atoms with van der Waals surface area (Å²) in [5.41, 5.74) is 2.83. The smallest absolute Gasteiger partial charge is 0.226 e. The standard InChI is InChI=1S/C14H18N4/c15-10-13-11-6-2-3-7-12(11)16-14(17-13)18-8-4-1-5-9-18/h1-9H2. The van der Waals surface area contributed by atoms with Crippen molar-refractivity contribution >= 4 is 5.95 Å². The molecule has 1 aromatic rings. The molecule has 94 valence electrons. The van der Waals surface area contributed by atoms with Crippen LogP contribution < -0.4 is 4.90 Å². The van der Waals surface area contributed by atoms with Gasteiger partial charge in [-0.3, -0.25) is 0 Å². The van der Waals surface area contributed by atoms with Gasteiger partial charge >= 0.3 is 0 Å². The lowest BCUT2D eigenvalue weighted by Crippen LogP contribution is -2.32. The van der Waals surface area contributed by atoms with E-state index in [0.29, 0.717) is 5.69 Å². The number of nitriles is 1. The molecule has 0 N–H and O–H groups in total. The fourth-order valence-corrected chi connectivity index (χ4v) is 2.91. The molecular weight excluding hydrogens is 224 g/mol. The summed E-state index contributed by atoms with van der Waals surface area (Å²) < 4.78 is 0. The van der Waals surface area contributed by atoms with Crippen molar-refractivity contribution in [3.8, 4) is 6.07 Å². The minimum atomic E-state index is 0.611. The highest BCUT2D eigenvalue weighted by atomic mass is 15.3. The van der Waals surface area contributed by atoms with Crippen LogP contribution in [-0.2, 0) is 12.8 Å². The Labute approximate surface area is 108 Å². The molecule has 0 radical (unpaired) electrons. The van der Waals surface area contributed by atoms with E-state index in [0.717, 1.165) is 49.6 Å². The first-order valence-electron chi connectivity index (χ1n) is 6.93. The Kier molecular flexibility index (Phi) is 3.14. The summed E-state index contributed by atoms with van der Waals surface area (Å²) in [5, 5.41) is 9.26. The summed E-state index contributed by atoms with van der Waals surface area (Å²) >= 11 is 0. The molecule has 0 amide bonds. The number of hydrogen-bond donors (Lipinski definition) is 0. The van der Waals surface area contributed by atoms with Crippen molar-refractivity contribution in [1.82, 2.24) is 9.97 Å². The molecule has 0 aromatic carbocycles. The number of aryl methyl sites for hydroxylation is 1. The van der Waals surface area contributed by atoms with Gasteiger partial charge in [0.2, 0.25) is 5.95 Å². The van der Waals surface area contributed by atoms with Crippen LogP contribution in [-0.4, -0.2) is 23.1 Å². The molecule has 1 fully saturated rings. The summed E-state index contributed by atoms with van der Waals surface area (Å²) in [7, 11) is 0. The van der Waals surface area contributed by atoms with Crippen LogP contribution >= 0.6 is 0 Å². The number of piperidine rings is 1. The molecule has 2 aliphatic rings. The Morgan fingerprint density at radius 3 is 2.50 bits per heavy atom. The number of rotatable bonds is 1. The summed E-state index contributed by atoms with van der Waals surface area (Å²) in [6.07, 6.45) is 8.05. The van der Waals surface area contributed by atoms with Crippen molar-refractivity contribution in [2.75, 3.05) is 18.0 Å². The van der Waals surface area contributed by atoms with Gasteiger partial charge in [-0.15, -0.1) is 0 Å². The van der Waals surface area contributed by atoms with Gasteiger partial charge in [-0.1, -0.05) is 0 Å². The van der Waals surface area contributed by atoms with Crippen LogP contribution in [0.4, 0.5) is 5.95 Å². The van der Waals surface area contributed by atoms with Crippen molar-refractivity contribution in [2.45, 2.75) is 44.9 Å². The van der Waals surface area contributed by atoms with Crippen LogP contribution in [0.15, 0.2) is 0 Å². The zero-order chi connectivity index (χ0) is 12.4. The maximum absolute atomic E-state index is 9.26. The van der Waals surface area contributed by atoms with E-state index in [1.54, 1.807) is 0 Å². The highest BCUT2D eigenvalue weighted by Gasteiger charge is 2.21. The van der Waals surface area contributed by atoms with E-state index < -0.39 is 0 Å². The van der Waals surface area contributed by atoms with Crippen LogP contribution in [0.1, 0.15) is 49.1 Å². The average Bonchev–Trinajstić information content (AvgIpc) is 2.47. The molecule has 2 heterocycles. The van der Waals surface area contributed by atoms with Crippen LogP contribution in [0.2, 0.25) is 0 Å². The van der Waals surface area contributed by atoms with Gasteiger partial charge in [0, 0.05) is 18.7 Å². The Balaban J connectivity index is 1.98. The fourth-order valence-electron chi connectivity index (χ4n) is 2.91. The third kappa shape index (κ3) is 2.05. The van der Waals surface area contributed by atoms with Gasteiger partial charge in [0.05, 0.1) is 5.69 Å². The van der Waals surface area contributed by atoms with Gasteiger partial charge in [-0.2, -0.15) is 5.26 Å². The maximum Gasteiger partial charge on any atom is 0.226 e. The third-order valence-corrected chi connectivity index (χ3v) is 3.92. The van der Waals surface area contributed by atoms with Gasteiger partial charge in [0.25, 0.3) is 0 Å². The van der Waals surface area contributed by atoms with E-state index in [4.69, 9.17) is 4.98 Å². The highest BCUT2D eigenvalue weighted by molar-refractivity contribution is 5.43. The molecule has 18 heavy (non-hydrogen) atoms. The third-order valence-electron chi connectivity index (χ3n) is 3.92. The zero-order valence-corrected chi connectivity index (χ0v) is 10.7.